The van der Waals surface area contributed by atoms with Crippen LogP contribution in [0.2, 0.25) is 0 Å². The molecule has 1 aromatic rings. The summed E-state index contributed by atoms with van der Waals surface area (Å²) in [6.07, 6.45) is 1.07. The molecule has 1 fully saturated rings. The van der Waals surface area contributed by atoms with Crippen molar-refractivity contribution in [3.63, 3.8) is 0 Å². The van der Waals surface area contributed by atoms with Crippen molar-refractivity contribution in [2.45, 2.75) is 38.3 Å². The maximum atomic E-state index is 6.19. The fourth-order valence-electron chi connectivity index (χ4n) is 2.73. The van der Waals surface area contributed by atoms with E-state index in [-0.39, 0.29) is 6.04 Å². The highest BCUT2D eigenvalue weighted by Crippen LogP contribution is 2.29. The standard InChI is InChI=1S/C15H24N2O/c1-11(2)17-9-13(7-14(16)10-17)12-5-4-6-15(8-12)18-3/h4-6,8,11,13-14H,7,9-10,16H2,1-3H3. The van der Waals surface area contributed by atoms with Gasteiger partial charge in [0.2, 0.25) is 0 Å². The molecule has 18 heavy (non-hydrogen) atoms. The van der Waals surface area contributed by atoms with Crippen molar-refractivity contribution in [2.24, 2.45) is 5.73 Å². The van der Waals surface area contributed by atoms with Gasteiger partial charge in [-0.3, -0.25) is 4.90 Å². The van der Waals surface area contributed by atoms with Gasteiger partial charge in [-0.05, 0) is 43.9 Å². The number of piperidine rings is 1. The summed E-state index contributed by atoms with van der Waals surface area (Å²) in [5.74, 6) is 1.45. The molecular formula is C15H24N2O. The monoisotopic (exact) mass is 248 g/mol. The summed E-state index contributed by atoms with van der Waals surface area (Å²) in [4.78, 5) is 2.47. The largest absolute Gasteiger partial charge is 0.497 e. The average molecular weight is 248 g/mol. The second kappa shape index (κ2) is 5.72. The lowest BCUT2D eigenvalue weighted by molar-refractivity contribution is 0.152. The van der Waals surface area contributed by atoms with Crippen molar-refractivity contribution in [2.75, 3.05) is 20.2 Å². The van der Waals surface area contributed by atoms with Gasteiger partial charge in [0.15, 0.2) is 0 Å². The van der Waals surface area contributed by atoms with Crippen LogP contribution in [-0.4, -0.2) is 37.2 Å². The molecule has 2 unspecified atom stereocenters. The molecule has 0 saturated carbocycles. The summed E-state index contributed by atoms with van der Waals surface area (Å²) >= 11 is 0. The maximum Gasteiger partial charge on any atom is 0.119 e. The topological polar surface area (TPSA) is 38.5 Å². The number of nitrogens with two attached hydrogens (primary N) is 1. The van der Waals surface area contributed by atoms with E-state index in [0.717, 1.165) is 25.3 Å². The quantitative estimate of drug-likeness (QED) is 0.891. The van der Waals surface area contributed by atoms with E-state index < -0.39 is 0 Å². The summed E-state index contributed by atoms with van der Waals surface area (Å²) < 4.78 is 5.30. The van der Waals surface area contributed by atoms with Gasteiger partial charge in [-0.15, -0.1) is 0 Å². The summed E-state index contributed by atoms with van der Waals surface area (Å²) in [6, 6.07) is 9.22. The predicted octanol–water partition coefficient (Wildman–Crippen LogP) is 2.22. The van der Waals surface area contributed by atoms with Crippen LogP contribution in [0.4, 0.5) is 0 Å². The van der Waals surface area contributed by atoms with Crippen molar-refractivity contribution in [1.29, 1.82) is 0 Å². The van der Waals surface area contributed by atoms with E-state index >= 15 is 0 Å². The smallest absolute Gasteiger partial charge is 0.119 e. The van der Waals surface area contributed by atoms with Gasteiger partial charge in [0.1, 0.15) is 5.75 Å². The van der Waals surface area contributed by atoms with Gasteiger partial charge in [-0.25, -0.2) is 0 Å². The van der Waals surface area contributed by atoms with Crippen LogP contribution in [0.25, 0.3) is 0 Å². The zero-order valence-corrected chi connectivity index (χ0v) is 11.6. The molecule has 0 aliphatic carbocycles. The Labute approximate surface area is 110 Å². The molecule has 2 N–H and O–H groups in total. The number of hydrogen-bond donors (Lipinski definition) is 1. The molecule has 2 rings (SSSR count). The number of benzene rings is 1. The molecule has 1 aliphatic rings. The molecule has 1 saturated heterocycles. The molecule has 0 amide bonds. The fraction of sp³-hybridized carbons (Fsp3) is 0.600. The Kier molecular flexibility index (Phi) is 4.25. The zero-order valence-electron chi connectivity index (χ0n) is 11.6. The minimum atomic E-state index is 0.275. The van der Waals surface area contributed by atoms with Gasteiger partial charge >= 0.3 is 0 Å². The van der Waals surface area contributed by atoms with Crippen molar-refractivity contribution >= 4 is 0 Å². The molecule has 100 valence electrons. The predicted molar refractivity (Wildman–Crippen MR) is 75.0 cm³/mol. The summed E-state index contributed by atoms with van der Waals surface area (Å²) in [5, 5.41) is 0. The van der Waals surface area contributed by atoms with E-state index in [1.54, 1.807) is 7.11 Å². The highest BCUT2D eigenvalue weighted by atomic mass is 16.5. The minimum Gasteiger partial charge on any atom is -0.497 e. The second-order valence-electron chi connectivity index (χ2n) is 5.52. The number of methoxy groups -OCH3 is 1. The number of likely N-dealkylation sites (tertiary alicyclic amines) is 1. The van der Waals surface area contributed by atoms with Crippen LogP contribution < -0.4 is 10.5 Å². The average Bonchev–Trinajstić information content (AvgIpc) is 2.38. The first-order chi connectivity index (χ1) is 8.60. The third-order valence-corrected chi connectivity index (χ3v) is 3.81. The van der Waals surface area contributed by atoms with Crippen LogP contribution in [0.15, 0.2) is 24.3 Å². The molecule has 0 bridgehead atoms. The SMILES string of the molecule is COc1cccc(C2CC(N)CN(C(C)C)C2)c1. The van der Waals surface area contributed by atoms with E-state index in [2.05, 4.69) is 36.9 Å². The third-order valence-electron chi connectivity index (χ3n) is 3.81. The Morgan fingerprint density at radius 2 is 2.11 bits per heavy atom. The maximum absolute atomic E-state index is 6.19. The lowest BCUT2D eigenvalue weighted by atomic mass is 9.87. The first-order valence-electron chi connectivity index (χ1n) is 6.73. The number of hydrogen-bond acceptors (Lipinski definition) is 3. The lowest BCUT2D eigenvalue weighted by Crippen LogP contribution is -2.48. The van der Waals surface area contributed by atoms with Gasteiger partial charge in [-0.1, -0.05) is 12.1 Å². The third kappa shape index (κ3) is 3.03. The first kappa shape index (κ1) is 13.4. The van der Waals surface area contributed by atoms with Gasteiger partial charge in [0.25, 0.3) is 0 Å². The van der Waals surface area contributed by atoms with E-state index in [1.807, 2.05) is 6.07 Å². The molecule has 2 atom stereocenters. The molecule has 3 nitrogen and oxygen atoms in total. The van der Waals surface area contributed by atoms with E-state index in [1.165, 1.54) is 5.56 Å². The van der Waals surface area contributed by atoms with Crippen molar-refractivity contribution in [3.8, 4) is 5.75 Å². The molecule has 1 heterocycles. The molecule has 1 aliphatic heterocycles. The number of rotatable bonds is 3. The Bertz CT molecular complexity index is 392. The van der Waals surface area contributed by atoms with Crippen molar-refractivity contribution in [3.05, 3.63) is 29.8 Å². The molecule has 0 spiro atoms. The van der Waals surface area contributed by atoms with Crippen LogP contribution in [-0.2, 0) is 0 Å². The summed E-state index contributed by atoms with van der Waals surface area (Å²) in [6.45, 7) is 6.58. The Morgan fingerprint density at radius 1 is 1.33 bits per heavy atom. The van der Waals surface area contributed by atoms with Crippen LogP contribution in [0.3, 0.4) is 0 Å². The minimum absolute atomic E-state index is 0.275. The molecule has 0 radical (unpaired) electrons. The summed E-state index contributed by atoms with van der Waals surface area (Å²) in [7, 11) is 1.71. The fourth-order valence-corrected chi connectivity index (χ4v) is 2.73. The number of ether oxygens (including phenoxy) is 1. The summed E-state index contributed by atoms with van der Waals surface area (Å²) in [5.41, 5.74) is 7.53. The van der Waals surface area contributed by atoms with Gasteiger partial charge in [-0.2, -0.15) is 0 Å². The highest BCUT2D eigenvalue weighted by molar-refractivity contribution is 5.31. The Hall–Kier alpha value is -1.06. The van der Waals surface area contributed by atoms with Crippen LogP contribution in [0, 0.1) is 0 Å². The van der Waals surface area contributed by atoms with Gasteiger partial charge < -0.3 is 10.5 Å². The van der Waals surface area contributed by atoms with E-state index in [4.69, 9.17) is 10.5 Å². The second-order valence-corrected chi connectivity index (χ2v) is 5.52. The Morgan fingerprint density at radius 3 is 2.78 bits per heavy atom. The Balaban J connectivity index is 2.15. The first-order valence-corrected chi connectivity index (χ1v) is 6.73. The van der Waals surface area contributed by atoms with Crippen LogP contribution in [0.1, 0.15) is 31.7 Å². The molecule has 1 aromatic carbocycles. The lowest BCUT2D eigenvalue weighted by Gasteiger charge is -2.39. The normalized spacial score (nSPS) is 25.4. The van der Waals surface area contributed by atoms with Gasteiger partial charge in [0.05, 0.1) is 7.11 Å². The highest BCUT2D eigenvalue weighted by Gasteiger charge is 2.27. The van der Waals surface area contributed by atoms with Crippen LogP contribution >= 0.6 is 0 Å². The molecule has 3 heteroatoms. The van der Waals surface area contributed by atoms with Crippen LogP contribution in [0.5, 0.6) is 5.75 Å². The van der Waals surface area contributed by atoms with Crippen molar-refractivity contribution in [1.82, 2.24) is 4.90 Å². The van der Waals surface area contributed by atoms with Crippen molar-refractivity contribution < 1.29 is 4.74 Å². The number of nitrogens with zero attached hydrogens (tertiary/aromatic N) is 1. The van der Waals surface area contributed by atoms with E-state index in [0.29, 0.717) is 12.0 Å². The van der Waals surface area contributed by atoms with Gasteiger partial charge in [0, 0.05) is 25.2 Å². The van der Waals surface area contributed by atoms with E-state index in [9.17, 15) is 0 Å². The molecular weight excluding hydrogens is 224 g/mol. The zero-order chi connectivity index (χ0) is 13.1. The molecule has 0 aromatic heterocycles.